The molecule has 0 aromatic carbocycles. The average Bonchev–Trinajstić information content (AvgIpc) is 1.89. The Balaban J connectivity index is 3.49. The molecule has 0 heterocycles. The molecule has 0 aliphatic heterocycles. The van der Waals surface area contributed by atoms with Crippen LogP contribution < -0.4 is 5.32 Å². The van der Waals surface area contributed by atoms with Gasteiger partial charge in [0, 0.05) is 12.5 Å². The summed E-state index contributed by atoms with van der Waals surface area (Å²) < 4.78 is 0. The molecular formula is C8H17NO. The van der Waals surface area contributed by atoms with E-state index in [4.69, 9.17) is 0 Å². The molecule has 0 bridgehead atoms. The summed E-state index contributed by atoms with van der Waals surface area (Å²) in [6.45, 7) is 6.74. The third-order valence-electron chi connectivity index (χ3n) is 1.52. The van der Waals surface area contributed by atoms with Gasteiger partial charge in [0.25, 0.3) is 0 Å². The maximum absolute atomic E-state index is 11.0. The van der Waals surface area contributed by atoms with Crippen LogP contribution >= 0.6 is 0 Å². The van der Waals surface area contributed by atoms with Crippen LogP contribution in [-0.2, 0) is 4.79 Å². The Morgan fingerprint density at radius 1 is 1.50 bits per heavy atom. The van der Waals surface area contributed by atoms with Crippen LogP contribution in [-0.4, -0.2) is 12.5 Å². The van der Waals surface area contributed by atoms with E-state index in [-0.39, 0.29) is 11.8 Å². The van der Waals surface area contributed by atoms with Crippen LogP contribution in [0.1, 0.15) is 33.6 Å². The SMILES string of the molecule is CCC[C@H](C)C(=O)NCC. The molecule has 2 nitrogen and oxygen atoms in total. The van der Waals surface area contributed by atoms with E-state index < -0.39 is 0 Å². The Morgan fingerprint density at radius 3 is 2.50 bits per heavy atom. The smallest absolute Gasteiger partial charge is 0.222 e. The molecule has 0 fully saturated rings. The minimum absolute atomic E-state index is 0.185. The predicted octanol–water partition coefficient (Wildman–Crippen LogP) is 1.56. The van der Waals surface area contributed by atoms with Crippen molar-refractivity contribution in [2.45, 2.75) is 33.6 Å². The van der Waals surface area contributed by atoms with E-state index in [1.54, 1.807) is 0 Å². The molecule has 1 atom stereocenters. The average molecular weight is 143 g/mol. The summed E-state index contributed by atoms with van der Waals surface area (Å²) in [5.41, 5.74) is 0. The van der Waals surface area contributed by atoms with Gasteiger partial charge >= 0.3 is 0 Å². The number of amides is 1. The van der Waals surface area contributed by atoms with E-state index >= 15 is 0 Å². The van der Waals surface area contributed by atoms with E-state index in [1.807, 2.05) is 13.8 Å². The van der Waals surface area contributed by atoms with Crippen molar-refractivity contribution in [1.29, 1.82) is 0 Å². The van der Waals surface area contributed by atoms with Crippen LogP contribution in [0.25, 0.3) is 0 Å². The van der Waals surface area contributed by atoms with Crippen LogP contribution in [0.15, 0.2) is 0 Å². The third kappa shape index (κ3) is 3.49. The summed E-state index contributed by atoms with van der Waals surface area (Å²) in [5.74, 6) is 0.370. The van der Waals surface area contributed by atoms with Gasteiger partial charge in [-0.2, -0.15) is 0 Å². The molecule has 0 saturated heterocycles. The largest absolute Gasteiger partial charge is 0.356 e. The first-order valence-electron chi connectivity index (χ1n) is 4.00. The van der Waals surface area contributed by atoms with Crippen molar-refractivity contribution in [2.75, 3.05) is 6.54 Å². The number of carbonyl (C=O) groups is 1. The Labute approximate surface area is 63.0 Å². The number of hydrogen-bond acceptors (Lipinski definition) is 1. The molecule has 0 aromatic heterocycles. The van der Waals surface area contributed by atoms with Gasteiger partial charge < -0.3 is 5.32 Å². The van der Waals surface area contributed by atoms with Gasteiger partial charge in [0.05, 0.1) is 0 Å². The number of hydrogen-bond donors (Lipinski definition) is 1. The molecule has 1 amide bonds. The second-order valence-corrected chi connectivity index (χ2v) is 2.58. The summed E-state index contributed by atoms with van der Waals surface area (Å²) in [7, 11) is 0. The zero-order chi connectivity index (χ0) is 7.98. The molecule has 2 heteroatoms. The fraction of sp³-hybridized carbons (Fsp3) is 0.875. The minimum Gasteiger partial charge on any atom is -0.356 e. The lowest BCUT2D eigenvalue weighted by atomic mass is 10.1. The number of carbonyl (C=O) groups excluding carboxylic acids is 1. The van der Waals surface area contributed by atoms with Crippen LogP contribution in [0, 0.1) is 5.92 Å². The van der Waals surface area contributed by atoms with Gasteiger partial charge in [-0.3, -0.25) is 4.79 Å². The first-order valence-corrected chi connectivity index (χ1v) is 4.00. The van der Waals surface area contributed by atoms with Crippen molar-refractivity contribution >= 4 is 5.91 Å². The lowest BCUT2D eigenvalue weighted by molar-refractivity contribution is -0.124. The normalized spacial score (nSPS) is 12.7. The van der Waals surface area contributed by atoms with E-state index in [9.17, 15) is 4.79 Å². The molecule has 0 radical (unpaired) electrons. The second kappa shape index (κ2) is 5.27. The summed E-state index contributed by atoms with van der Waals surface area (Å²) in [5, 5.41) is 2.79. The molecule has 10 heavy (non-hydrogen) atoms. The van der Waals surface area contributed by atoms with Crippen LogP contribution in [0.3, 0.4) is 0 Å². The maximum atomic E-state index is 11.0. The number of rotatable bonds is 4. The van der Waals surface area contributed by atoms with E-state index in [0.29, 0.717) is 0 Å². The van der Waals surface area contributed by atoms with Crippen molar-refractivity contribution in [3.63, 3.8) is 0 Å². The number of nitrogens with one attached hydrogen (secondary N) is 1. The predicted molar refractivity (Wildman–Crippen MR) is 42.8 cm³/mol. The molecule has 1 N–H and O–H groups in total. The molecule has 0 rings (SSSR count). The maximum Gasteiger partial charge on any atom is 0.222 e. The van der Waals surface area contributed by atoms with Gasteiger partial charge in [-0.05, 0) is 13.3 Å². The highest BCUT2D eigenvalue weighted by molar-refractivity contribution is 5.78. The quantitative estimate of drug-likeness (QED) is 0.635. The Bertz CT molecular complexity index is 101. The summed E-state index contributed by atoms with van der Waals surface area (Å²) in [6, 6.07) is 0. The molecule has 0 aliphatic carbocycles. The topological polar surface area (TPSA) is 29.1 Å². The van der Waals surface area contributed by atoms with Gasteiger partial charge in [0.15, 0.2) is 0 Å². The van der Waals surface area contributed by atoms with Crippen molar-refractivity contribution in [3.8, 4) is 0 Å². The zero-order valence-corrected chi connectivity index (χ0v) is 7.11. The van der Waals surface area contributed by atoms with Crippen LogP contribution in [0.2, 0.25) is 0 Å². The van der Waals surface area contributed by atoms with E-state index in [2.05, 4.69) is 12.2 Å². The zero-order valence-electron chi connectivity index (χ0n) is 7.11. The highest BCUT2D eigenvalue weighted by atomic mass is 16.1. The van der Waals surface area contributed by atoms with Gasteiger partial charge in [-0.25, -0.2) is 0 Å². The summed E-state index contributed by atoms with van der Waals surface area (Å²) >= 11 is 0. The fourth-order valence-electron chi connectivity index (χ4n) is 0.913. The Hall–Kier alpha value is -0.530. The van der Waals surface area contributed by atoms with Crippen molar-refractivity contribution in [2.24, 2.45) is 5.92 Å². The minimum atomic E-state index is 0.185. The Kier molecular flexibility index (Phi) is 4.99. The van der Waals surface area contributed by atoms with Crippen molar-refractivity contribution in [3.05, 3.63) is 0 Å². The molecule has 0 saturated carbocycles. The lowest BCUT2D eigenvalue weighted by Gasteiger charge is -2.08. The fourth-order valence-corrected chi connectivity index (χ4v) is 0.913. The van der Waals surface area contributed by atoms with Crippen molar-refractivity contribution in [1.82, 2.24) is 5.32 Å². The highest BCUT2D eigenvalue weighted by Gasteiger charge is 2.08. The summed E-state index contributed by atoms with van der Waals surface area (Å²) in [6.07, 6.45) is 2.07. The second-order valence-electron chi connectivity index (χ2n) is 2.58. The monoisotopic (exact) mass is 143 g/mol. The molecule has 0 unspecified atom stereocenters. The molecule has 0 spiro atoms. The molecular weight excluding hydrogens is 126 g/mol. The summed E-state index contributed by atoms with van der Waals surface area (Å²) in [4.78, 5) is 11.0. The third-order valence-corrected chi connectivity index (χ3v) is 1.52. The van der Waals surface area contributed by atoms with Crippen LogP contribution in [0.5, 0.6) is 0 Å². The molecule has 0 aromatic rings. The van der Waals surface area contributed by atoms with Gasteiger partial charge in [0.2, 0.25) is 5.91 Å². The first-order chi connectivity index (χ1) is 4.72. The molecule has 0 aliphatic rings. The first kappa shape index (κ1) is 9.47. The van der Waals surface area contributed by atoms with Crippen molar-refractivity contribution < 1.29 is 4.79 Å². The van der Waals surface area contributed by atoms with E-state index in [0.717, 1.165) is 19.4 Å². The van der Waals surface area contributed by atoms with Crippen LogP contribution in [0.4, 0.5) is 0 Å². The lowest BCUT2D eigenvalue weighted by Crippen LogP contribution is -2.28. The van der Waals surface area contributed by atoms with Gasteiger partial charge in [0.1, 0.15) is 0 Å². The van der Waals surface area contributed by atoms with Gasteiger partial charge in [-0.15, -0.1) is 0 Å². The van der Waals surface area contributed by atoms with E-state index in [1.165, 1.54) is 0 Å². The standard InChI is InChI=1S/C8H17NO/c1-4-6-7(3)8(10)9-5-2/h7H,4-6H2,1-3H3,(H,9,10)/t7-/m0/s1. The Morgan fingerprint density at radius 2 is 2.10 bits per heavy atom. The van der Waals surface area contributed by atoms with Gasteiger partial charge in [-0.1, -0.05) is 20.3 Å². The molecule has 60 valence electrons. The highest BCUT2D eigenvalue weighted by Crippen LogP contribution is 2.03.